The Morgan fingerprint density at radius 2 is 1.78 bits per heavy atom. The van der Waals surface area contributed by atoms with Gasteiger partial charge in [0.15, 0.2) is 0 Å². The van der Waals surface area contributed by atoms with Gasteiger partial charge in [0.2, 0.25) is 10.0 Å². The number of sulfonamides is 1. The minimum absolute atomic E-state index is 0.0576. The monoisotopic (exact) mass is 339 g/mol. The topological polar surface area (TPSA) is 63.7 Å². The fraction of sp³-hybridized carbons (Fsp3) is 0.588. The van der Waals surface area contributed by atoms with E-state index in [9.17, 15) is 13.2 Å². The van der Waals surface area contributed by atoms with Crippen molar-refractivity contribution in [3.8, 4) is 0 Å². The molecule has 0 spiro atoms. The van der Waals surface area contributed by atoms with Gasteiger partial charge >= 0.3 is 5.97 Å². The molecule has 1 aliphatic carbocycles. The molecule has 1 aromatic carbocycles. The predicted molar refractivity (Wildman–Crippen MR) is 89.0 cm³/mol. The first-order valence-electron chi connectivity index (χ1n) is 8.05. The van der Waals surface area contributed by atoms with Crippen LogP contribution in [0.3, 0.4) is 0 Å². The Labute approximate surface area is 138 Å². The van der Waals surface area contributed by atoms with Crippen molar-refractivity contribution in [1.29, 1.82) is 0 Å². The summed E-state index contributed by atoms with van der Waals surface area (Å²) in [6, 6.07) is 4.64. The second-order valence-electron chi connectivity index (χ2n) is 6.14. The summed E-state index contributed by atoms with van der Waals surface area (Å²) in [7, 11) is -0.580. The molecule has 0 amide bonds. The minimum atomic E-state index is -3.55. The largest absolute Gasteiger partial charge is 0.465 e. The van der Waals surface area contributed by atoms with Gasteiger partial charge in [-0.3, -0.25) is 0 Å². The lowest BCUT2D eigenvalue weighted by Crippen LogP contribution is -2.37. The molecule has 6 heteroatoms. The maximum atomic E-state index is 12.9. The summed E-state index contributed by atoms with van der Waals surface area (Å²) < 4.78 is 32.0. The third-order valence-corrected chi connectivity index (χ3v) is 6.66. The second-order valence-corrected chi connectivity index (χ2v) is 8.10. The number of carbonyl (C=O) groups is 1. The van der Waals surface area contributed by atoms with Crippen LogP contribution in [-0.4, -0.2) is 38.9 Å². The summed E-state index contributed by atoms with van der Waals surface area (Å²) in [4.78, 5) is 11.8. The third kappa shape index (κ3) is 3.93. The number of rotatable bonds is 4. The molecule has 0 saturated heterocycles. The summed E-state index contributed by atoms with van der Waals surface area (Å²) in [6.45, 7) is 1.71. The van der Waals surface area contributed by atoms with E-state index in [1.165, 1.54) is 36.4 Å². The van der Waals surface area contributed by atoms with Crippen molar-refractivity contribution in [3.05, 3.63) is 29.3 Å². The lowest BCUT2D eigenvalue weighted by atomic mass is 10.1. The first-order valence-corrected chi connectivity index (χ1v) is 9.49. The number of esters is 1. The van der Waals surface area contributed by atoms with Crippen LogP contribution in [0.15, 0.2) is 23.1 Å². The van der Waals surface area contributed by atoms with Crippen LogP contribution in [0.25, 0.3) is 0 Å². The summed E-state index contributed by atoms with van der Waals surface area (Å²) in [5.41, 5.74) is 0.925. The summed E-state index contributed by atoms with van der Waals surface area (Å²) in [6.07, 6.45) is 6.33. The molecule has 0 radical (unpaired) electrons. The molecular weight excluding hydrogens is 314 g/mol. The molecule has 2 rings (SSSR count). The fourth-order valence-electron chi connectivity index (χ4n) is 3.16. The first-order chi connectivity index (χ1) is 10.9. The quantitative estimate of drug-likeness (QED) is 0.624. The van der Waals surface area contributed by atoms with E-state index >= 15 is 0 Å². The van der Waals surface area contributed by atoms with E-state index in [0.717, 1.165) is 25.7 Å². The molecule has 1 fully saturated rings. The van der Waals surface area contributed by atoms with Gasteiger partial charge in [-0.1, -0.05) is 25.7 Å². The van der Waals surface area contributed by atoms with Crippen molar-refractivity contribution in [2.75, 3.05) is 14.2 Å². The van der Waals surface area contributed by atoms with Crippen molar-refractivity contribution in [2.45, 2.75) is 56.4 Å². The van der Waals surface area contributed by atoms with Gasteiger partial charge in [-0.2, -0.15) is 4.31 Å². The van der Waals surface area contributed by atoms with Gasteiger partial charge in [0.1, 0.15) is 0 Å². The lowest BCUT2D eigenvalue weighted by Gasteiger charge is -2.27. The van der Waals surface area contributed by atoms with Gasteiger partial charge < -0.3 is 4.74 Å². The highest BCUT2D eigenvalue weighted by Crippen LogP contribution is 2.27. The summed E-state index contributed by atoms with van der Waals surface area (Å²) in [5, 5.41) is 0. The Morgan fingerprint density at radius 1 is 1.17 bits per heavy atom. The zero-order valence-electron chi connectivity index (χ0n) is 14.0. The molecule has 0 aromatic heterocycles. The van der Waals surface area contributed by atoms with E-state index in [0.29, 0.717) is 11.1 Å². The maximum absolute atomic E-state index is 12.9. The van der Waals surface area contributed by atoms with E-state index < -0.39 is 16.0 Å². The number of carbonyl (C=O) groups excluding carboxylic acids is 1. The minimum Gasteiger partial charge on any atom is -0.465 e. The molecule has 0 bridgehead atoms. The Kier molecular flexibility index (Phi) is 5.81. The SMILES string of the molecule is COC(=O)c1ccc(S(=O)(=O)N(C)C2CCCCCC2)c(C)c1. The fourth-order valence-corrected chi connectivity index (χ4v) is 4.78. The van der Waals surface area contributed by atoms with Crippen molar-refractivity contribution >= 4 is 16.0 Å². The third-order valence-electron chi connectivity index (χ3n) is 4.59. The van der Waals surface area contributed by atoms with Gasteiger partial charge in [-0.05, 0) is 43.5 Å². The standard InChI is InChI=1S/C17H25NO4S/c1-13-12-14(17(19)22-3)10-11-16(13)23(20,21)18(2)15-8-6-4-5-7-9-15/h10-12,15H,4-9H2,1-3H3. The number of hydrogen-bond donors (Lipinski definition) is 0. The zero-order chi connectivity index (χ0) is 17.0. The Hall–Kier alpha value is -1.40. The van der Waals surface area contributed by atoms with Crippen molar-refractivity contribution in [2.24, 2.45) is 0 Å². The molecule has 1 aliphatic rings. The normalized spacial score (nSPS) is 17.0. The Bertz CT molecular complexity index is 661. The molecule has 0 unspecified atom stereocenters. The number of nitrogens with zero attached hydrogens (tertiary/aromatic N) is 1. The average Bonchev–Trinajstić information content (AvgIpc) is 2.82. The Morgan fingerprint density at radius 3 is 2.30 bits per heavy atom. The van der Waals surface area contributed by atoms with E-state index in [-0.39, 0.29) is 10.9 Å². The van der Waals surface area contributed by atoms with Crippen molar-refractivity contribution in [3.63, 3.8) is 0 Å². The zero-order valence-corrected chi connectivity index (χ0v) is 14.9. The van der Waals surface area contributed by atoms with Crippen molar-refractivity contribution < 1.29 is 17.9 Å². The first kappa shape index (κ1) is 17.9. The van der Waals surface area contributed by atoms with Gasteiger partial charge in [0.25, 0.3) is 0 Å². The molecule has 0 aliphatic heterocycles. The molecular formula is C17H25NO4S. The van der Waals surface area contributed by atoms with Crippen LogP contribution in [0, 0.1) is 6.92 Å². The molecule has 1 aromatic rings. The second kappa shape index (κ2) is 7.45. The van der Waals surface area contributed by atoms with E-state index in [1.807, 2.05) is 0 Å². The van der Waals surface area contributed by atoms with Crippen LogP contribution in [0.1, 0.15) is 54.4 Å². The molecule has 23 heavy (non-hydrogen) atoms. The molecule has 5 nitrogen and oxygen atoms in total. The molecule has 128 valence electrons. The molecule has 0 N–H and O–H groups in total. The van der Waals surface area contributed by atoms with Crippen LogP contribution in [0.5, 0.6) is 0 Å². The van der Waals surface area contributed by atoms with Gasteiger partial charge in [-0.25, -0.2) is 13.2 Å². The van der Waals surface area contributed by atoms with E-state index in [4.69, 9.17) is 0 Å². The number of benzene rings is 1. The number of ether oxygens (including phenoxy) is 1. The van der Waals surface area contributed by atoms with Crippen LogP contribution < -0.4 is 0 Å². The highest BCUT2D eigenvalue weighted by Gasteiger charge is 2.29. The smallest absolute Gasteiger partial charge is 0.337 e. The predicted octanol–water partition coefficient (Wildman–Crippen LogP) is 3.12. The summed E-state index contributed by atoms with van der Waals surface area (Å²) >= 11 is 0. The lowest BCUT2D eigenvalue weighted by molar-refractivity contribution is 0.0600. The summed E-state index contributed by atoms with van der Waals surface area (Å²) in [5.74, 6) is -0.464. The average molecular weight is 339 g/mol. The Balaban J connectivity index is 2.29. The number of hydrogen-bond acceptors (Lipinski definition) is 4. The number of methoxy groups -OCH3 is 1. The van der Waals surface area contributed by atoms with Crippen LogP contribution in [-0.2, 0) is 14.8 Å². The van der Waals surface area contributed by atoms with Crippen LogP contribution >= 0.6 is 0 Å². The molecule has 0 atom stereocenters. The highest BCUT2D eigenvalue weighted by molar-refractivity contribution is 7.89. The van der Waals surface area contributed by atoms with Crippen LogP contribution in [0.2, 0.25) is 0 Å². The highest BCUT2D eigenvalue weighted by atomic mass is 32.2. The van der Waals surface area contributed by atoms with Gasteiger partial charge in [0.05, 0.1) is 17.6 Å². The number of aryl methyl sites for hydroxylation is 1. The molecule has 0 heterocycles. The van der Waals surface area contributed by atoms with Crippen LogP contribution in [0.4, 0.5) is 0 Å². The van der Waals surface area contributed by atoms with E-state index in [2.05, 4.69) is 4.74 Å². The van der Waals surface area contributed by atoms with Gasteiger partial charge in [0, 0.05) is 13.1 Å². The van der Waals surface area contributed by atoms with E-state index in [1.54, 1.807) is 20.0 Å². The van der Waals surface area contributed by atoms with Gasteiger partial charge in [-0.15, -0.1) is 0 Å². The molecule has 1 saturated carbocycles. The van der Waals surface area contributed by atoms with Crippen molar-refractivity contribution in [1.82, 2.24) is 4.31 Å². The maximum Gasteiger partial charge on any atom is 0.337 e.